The van der Waals surface area contributed by atoms with Gasteiger partial charge < -0.3 is 19.4 Å². The van der Waals surface area contributed by atoms with E-state index in [1.54, 1.807) is 12.1 Å². The van der Waals surface area contributed by atoms with Crippen LogP contribution in [-0.4, -0.2) is 26.5 Å². The first-order valence-corrected chi connectivity index (χ1v) is 10.7. The van der Waals surface area contributed by atoms with E-state index in [0.717, 1.165) is 29.3 Å². The highest BCUT2D eigenvalue weighted by atomic mass is 19.4. The van der Waals surface area contributed by atoms with Crippen LogP contribution < -0.4 is 0 Å². The fraction of sp³-hybridized carbons (Fsp3) is 0.115. The fourth-order valence-corrected chi connectivity index (χ4v) is 4.08. The molecule has 0 saturated carbocycles. The molecule has 0 fully saturated rings. The molecule has 6 nitrogen and oxygen atoms in total. The zero-order valence-electron chi connectivity index (χ0n) is 18.6. The van der Waals surface area contributed by atoms with Crippen LogP contribution in [0.2, 0.25) is 0 Å². The Morgan fingerprint density at radius 1 is 0.944 bits per heavy atom. The summed E-state index contributed by atoms with van der Waals surface area (Å²) < 4.78 is 63.1. The fourth-order valence-electron chi connectivity index (χ4n) is 4.08. The molecule has 5 aromatic rings. The number of alkyl halides is 3. The monoisotopic (exact) mass is 497 g/mol. The van der Waals surface area contributed by atoms with Gasteiger partial charge in [-0.1, -0.05) is 41.6 Å². The van der Waals surface area contributed by atoms with Gasteiger partial charge >= 0.3 is 6.18 Å². The van der Waals surface area contributed by atoms with Crippen molar-refractivity contribution in [1.82, 2.24) is 14.7 Å². The van der Waals surface area contributed by atoms with Crippen LogP contribution in [0.1, 0.15) is 12.0 Å². The topological polar surface area (TPSA) is 92.4 Å². The maximum absolute atomic E-state index is 14.2. The largest absolute Gasteiger partial charge is 0.417 e. The van der Waals surface area contributed by atoms with Crippen molar-refractivity contribution in [3.05, 3.63) is 84.3 Å². The summed E-state index contributed by atoms with van der Waals surface area (Å²) in [6, 6.07) is 16.1. The van der Waals surface area contributed by atoms with Crippen LogP contribution in [0.15, 0.2) is 77.4 Å². The molecular formula is C26H19F4N3O3. The van der Waals surface area contributed by atoms with Gasteiger partial charge in [-0.25, -0.2) is 4.39 Å². The Kier molecular flexibility index (Phi) is 6.71. The minimum absolute atomic E-state index is 0. The lowest BCUT2D eigenvalue weighted by molar-refractivity contribution is -0.137. The third kappa shape index (κ3) is 4.50. The minimum atomic E-state index is -4.73. The second-order valence-electron chi connectivity index (χ2n) is 7.86. The molecule has 0 unspecified atom stereocenters. The lowest BCUT2D eigenvalue weighted by Gasteiger charge is -2.14. The molecule has 0 saturated heterocycles. The molecule has 0 aliphatic rings. The number of aromatic nitrogens is 3. The van der Waals surface area contributed by atoms with Crippen LogP contribution in [0.3, 0.4) is 0 Å². The summed E-state index contributed by atoms with van der Waals surface area (Å²) in [7, 11) is 0. The normalized spacial score (nSPS) is 11.4. The Balaban J connectivity index is 0.00000304. The third-order valence-electron chi connectivity index (χ3n) is 5.70. The number of fused-ring (bicyclic) bond motifs is 1. The number of rotatable bonds is 6. The number of hydrogen-bond donors (Lipinski definition) is 0. The van der Waals surface area contributed by atoms with E-state index in [4.69, 9.17) is 4.52 Å². The molecule has 0 atom stereocenters. The second-order valence-corrected chi connectivity index (χ2v) is 7.86. The highest BCUT2D eigenvalue weighted by Crippen LogP contribution is 2.40. The van der Waals surface area contributed by atoms with E-state index in [9.17, 15) is 22.4 Å². The maximum atomic E-state index is 14.2. The quantitative estimate of drug-likeness (QED) is 0.214. The van der Waals surface area contributed by atoms with Gasteiger partial charge in [-0.3, -0.25) is 0 Å². The first kappa shape index (κ1) is 24.8. The molecule has 10 heteroatoms. The van der Waals surface area contributed by atoms with Gasteiger partial charge in [-0.15, -0.1) is 0 Å². The van der Waals surface area contributed by atoms with Gasteiger partial charge in [0.2, 0.25) is 5.82 Å². The zero-order valence-corrected chi connectivity index (χ0v) is 18.6. The highest BCUT2D eigenvalue weighted by Gasteiger charge is 2.35. The summed E-state index contributed by atoms with van der Waals surface area (Å²) >= 11 is 0. The van der Waals surface area contributed by atoms with Crippen LogP contribution in [-0.2, 0) is 17.5 Å². The number of benzene rings is 3. The molecule has 0 aliphatic heterocycles. The van der Waals surface area contributed by atoms with E-state index in [0.29, 0.717) is 18.5 Å². The predicted octanol–water partition coefficient (Wildman–Crippen LogP) is 5.95. The lowest BCUT2D eigenvalue weighted by atomic mass is 9.96. The molecule has 2 aromatic heterocycles. The van der Waals surface area contributed by atoms with Crippen molar-refractivity contribution in [1.29, 1.82) is 0 Å². The SMILES string of the molecule is O.O=CCCn1ccc2c(-c3noc(-c4ccc(-c5ccccc5F)c(C(F)(F)F)c4)n3)cccc21. The van der Waals surface area contributed by atoms with Crippen LogP contribution in [0.4, 0.5) is 17.6 Å². The smallest absolute Gasteiger partial charge is 0.412 e. The van der Waals surface area contributed by atoms with Crippen molar-refractivity contribution in [3.63, 3.8) is 0 Å². The average Bonchev–Trinajstić information content (AvgIpc) is 3.50. The van der Waals surface area contributed by atoms with Gasteiger partial charge in [0.25, 0.3) is 5.89 Å². The van der Waals surface area contributed by atoms with E-state index >= 15 is 0 Å². The summed E-state index contributed by atoms with van der Waals surface area (Å²) in [4.78, 5) is 15.1. The molecule has 184 valence electrons. The van der Waals surface area contributed by atoms with Gasteiger partial charge in [0.1, 0.15) is 12.1 Å². The molecule has 36 heavy (non-hydrogen) atoms. The first-order valence-electron chi connectivity index (χ1n) is 10.7. The Bertz CT molecular complexity index is 1540. The van der Waals surface area contributed by atoms with Crippen molar-refractivity contribution in [3.8, 4) is 34.0 Å². The van der Waals surface area contributed by atoms with Crippen molar-refractivity contribution in [2.45, 2.75) is 19.1 Å². The highest BCUT2D eigenvalue weighted by molar-refractivity contribution is 5.94. The lowest BCUT2D eigenvalue weighted by Crippen LogP contribution is -2.08. The van der Waals surface area contributed by atoms with Crippen molar-refractivity contribution in [2.75, 3.05) is 0 Å². The van der Waals surface area contributed by atoms with Gasteiger partial charge in [0.05, 0.1) is 5.56 Å². The second kappa shape index (κ2) is 9.74. The number of halogens is 4. The van der Waals surface area contributed by atoms with E-state index < -0.39 is 17.6 Å². The Labute approximate surface area is 202 Å². The average molecular weight is 497 g/mol. The summed E-state index contributed by atoms with van der Waals surface area (Å²) in [5.74, 6) is -0.632. The van der Waals surface area contributed by atoms with E-state index in [2.05, 4.69) is 10.1 Å². The molecule has 0 bridgehead atoms. The molecular weight excluding hydrogens is 478 g/mol. The number of nitrogens with zero attached hydrogens (tertiary/aromatic N) is 3. The van der Waals surface area contributed by atoms with E-state index in [1.165, 1.54) is 30.3 Å². The van der Waals surface area contributed by atoms with Crippen molar-refractivity contribution < 1.29 is 32.4 Å². The molecule has 2 N–H and O–H groups in total. The van der Waals surface area contributed by atoms with Gasteiger partial charge in [0.15, 0.2) is 0 Å². The molecule has 0 aliphatic carbocycles. The molecule has 0 amide bonds. The Hall–Kier alpha value is -4.31. The molecule has 0 radical (unpaired) electrons. The molecule has 0 spiro atoms. The zero-order chi connectivity index (χ0) is 24.6. The summed E-state index contributed by atoms with van der Waals surface area (Å²) in [5, 5.41) is 4.79. The molecule has 5 rings (SSSR count). The predicted molar refractivity (Wildman–Crippen MR) is 125 cm³/mol. The van der Waals surface area contributed by atoms with Crippen molar-refractivity contribution >= 4 is 17.2 Å². The van der Waals surface area contributed by atoms with Crippen LogP contribution in [0, 0.1) is 5.82 Å². The first-order chi connectivity index (χ1) is 16.9. The maximum Gasteiger partial charge on any atom is 0.417 e. The summed E-state index contributed by atoms with van der Waals surface area (Å²) in [6.07, 6.45) is -1.68. The Morgan fingerprint density at radius 3 is 2.47 bits per heavy atom. The van der Waals surface area contributed by atoms with Crippen molar-refractivity contribution in [2.24, 2.45) is 0 Å². The summed E-state index contributed by atoms with van der Waals surface area (Å²) in [6.45, 7) is 0.516. The van der Waals surface area contributed by atoms with Gasteiger partial charge in [-0.05, 0) is 35.9 Å². The van der Waals surface area contributed by atoms with E-state index in [-0.39, 0.29) is 33.9 Å². The minimum Gasteiger partial charge on any atom is -0.412 e. The van der Waals surface area contributed by atoms with Gasteiger partial charge in [-0.2, -0.15) is 18.2 Å². The summed E-state index contributed by atoms with van der Waals surface area (Å²) in [5.41, 5.74) is 0.135. The number of carbonyl (C=O) groups is 1. The molecule has 2 heterocycles. The number of hydrogen-bond acceptors (Lipinski definition) is 4. The standard InChI is InChI=1S/C26H17F4N3O2.H2O/c27-22-7-2-1-5-18(22)17-10-9-16(15-21(17)26(28,29)30)25-31-24(32-35-25)20-6-3-8-23-19(20)11-13-33(23)12-4-14-34;/h1-3,5-11,13-15H,4,12H2;1H2. The number of carbonyl (C=O) groups excluding carboxylic acids is 1. The Morgan fingerprint density at radius 2 is 1.72 bits per heavy atom. The van der Waals surface area contributed by atoms with E-state index in [1.807, 2.05) is 22.9 Å². The van der Waals surface area contributed by atoms with Gasteiger partial charge in [0, 0.05) is 46.8 Å². The third-order valence-corrected chi connectivity index (χ3v) is 5.70. The van der Waals surface area contributed by atoms with Crippen LogP contribution in [0.25, 0.3) is 44.9 Å². The van der Waals surface area contributed by atoms with Crippen LogP contribution >= 0.6 is 0 Å². The molecule has 3 aromatic carbocycles. The number of aryl methyl sites for hydroxylation is 1. The number of aldehydes is 1. The van der Waals surface area contributed by atoms with Crippen LogP contribution in [0.5, 0.6) is 0 Å².